The van der Waals surface area contributed by atoms with Crippen molar-refractivity contribution in [1.29, 1.82) is 0 Å². The third kappa shape index (κ3) is 3.59. The SMILES string of the molecule is COC1=C(C(=O)N[C@@H](Cc2ccccc2)C2(O)OO2)N(C)Sc2ccccc21. The normalized spacial score (nSPS) is 18.3. The standard InChI is InChI=1S/C20H20N2O5S/c1-22-17(18(25-2)14-10-6-7-11-15(14)28-22)19(23)21-16(20(24)26-27-20)12-13-8-4-3-5-9-13/h3-11,16,24H,12H2,1-2H3,(H,21,23)/t16-/m0/s1. The summed E-state index contributed by atoms with van der Waals surface area (Å²) < 4.78 is 7.31. The third-order valence-corrected chi connectivity index (χ3v) is 5.61. The molecule has 4 rings (SSSR count). The number of nitrogens with zero attached hydrogens (tertiary/aromatic N) is 1. The van der Waals surface area contributed by atoms with E-state index < -0.39 is 17.9 Å². The van der Waals surface area contributed by atoms with Crippen LogP contribution >= 0.6 is 11.9 Å². The first-order valence-electron chi connectivity index (χ1n) is 8.75. The first kappa shape index (κ1) is 18.8. The largest absolute Gasteiger partial charge is 0.494 e. The molecule has 2 aromatic rings. The predicted octanol–water partition coefficient (Wildman–Crippen LogP) is 2.29. The number of aliphatic hydroxyl groups is 1. The van der Waals surface area contributed by atoms with Crippen molar-refractivity contribution in [3.05, 3.63) is 71.4 Å². The Morgan fingerprint density at radius 2 is 1.89 bits per heavy atom. The molecule has 2 aromatic carbocycles. The lowest BCUT2D eigenvalue weighted by Crippen LogP contribution is -2.48. The molecular formula is C20H20N2O5S. The van der Waals surface area contributed by atoms with Crippen LogP contribution in [0.25, 0.3) is 5.76 Å². The summed E-state index contributed by atoms with van der Waals surface area (Å²) in [5.41, 5.74) is 2.13. The summed E-state index contributed by atoms with van der Waals surface area (Å²) in [5, 5.41) is 13.1. The zero-order chi connectivity index (χ0) is 19.7. The van der Waals surface area contributed by atoms with E-state index in [0.717, 1.165) is 16.0 Å². The van der Waals surface area contributed by atoms with E-state index in [1.807, 2.05) is 54.6 Å². The van der Waals surface area contributed by atoms with E-state index in [1.165, 1.54) is 19.1 Å². The highest BCUT2D eigenvalue weighted by atomic mass is 32.2. The topological polar surface area (TPSA) is 86.9 Å². The predicted molar refractivity (Wildman–Crippen MR) is 103 cm³/mol. The molecule has 0 unspecified atom stereocenters. The minimum Gasteiger partial charge on any atom is -0.494 e. The number of rotatable bonds is 6. The molecule has 0 radical (unpaired) electrons. The van der Waals surface area contributed by atoms with Crippen LogP contribution in [0.15, 0.2) is 65.2 Å². The molecule has 146 valence electrons. The van der Waals surface area contributed by atoms with Crippen LogP contribution in [0, 0.1) is 0 Å². The number of carbonyl (C=O) groups is 1. The quantitative estimate of drug-likeness (QED) is 0.437. The van der Waals surface area contributed by atoms with E-state index in [-0.39, 0.29) is 0 Å². The smallest absolute Gasteiger partial charge is 0.358 e. The van der Waals surface area contributed by atoms with Crippen LogP contribution in [-0.2, 0) is 25.7 Å². The van der Waals surface area contributed by atoms with Crippen molar-refractivity contribution >= 4 is 23.6 Å². The van der Waals surface area contributed by atoms with Crippen molar-refractivity contribution in [2.45, 2.75) is 23.3 Å². The number of carbonyl (C=O) groups excluding carboxylic acids is 1. The van der Waals surface area contributed by atoms with Gasteiger partial charge in [0.25, 0.3) is 5.91 Å². The lowest BCUT2D eigenvalue weighted by atomic mass is 10.0. The Kier molecular flexibility index (Phi) is 5.03. The zero-order valence-electron chi connectivity index (χ0n) is 15.4. The second-order valence-electron chi connectivity index (χ2n) is 6.48. The fraction of sp³-hybridized carbons (Fsp3) is 0.250. The van der Waals surface area contributed by atoms with Crippen LogP contribution in [0.4, 0.5) is 0 Å². The molecule has 2 N–H and O–H groups in total. The van der Waals surface area contributed by atoms with Crippen molar-refractivity contribution < 1.29 is 24.4 Å². The number of ether oxygens (including phenoxy) is 1. The fourth-order valence-electron chi connectivity index (χ4n) is 3.16. The van der Waals surface area contributed by atoms with E-state index in [0.29, 0.717) is 17.9 Å². The van der Waals surface area contributed by atoms with E-state index in [2.05, 4.69) is 5.32 Å². The van der Waals surface area contributed by atoms with E-state index in [4.69, 9.17) is 14.5 Å². The van der Waals surface area contributed by atoms with Gasteiger partial charge >= 0.3 is 5.97 Å². The number of nitrogens with one attached hydrogen (secondary N) is 1. The van der Waals surface area contributed by atoms with Gasteiger partial charge in [-0.15, -0.1) is 0 Å². The first-order valence-corrected chi connectivity index (χ1v) is 9.52. The summed E-state index contributed by atoms with van der Waals surface area (Å²) in [5.74, 6) is -1.76. The summed E-state index contributed by atoms with van der Waals surface area (Å²) in [7, 11) is 3.32. The van der Waals surface area contributed by atoms with Gasteiger partial charge in [0.1, 0.15) is 6.04 Å². The lowest BCUT2D eigenvalue weighted by molar-refractivity contribution is -0.122. The van der Waals surface area contributed by atoms with Gasteiger partial charge in [-0.25, -0.2) is 0 Å². The molecule has 1 amide bonds. The molecule has 28 heavy (non-hydrogen) atoms. The maximum Gasteiger partial charge on any atom is 0.358 e. The maximum absolute atomic E-state index is 13.1. The molecule has 1 fully saturated rings. The molecular weight excluding hydrogens is 380 g/mol. The minimum absolute atomic E-state index is 0.339. The number of fused-ring (bicyclic) bond motifs is 1. The molecule has 2 aliphatic heterocycles. The van der Waals surface area contributed by atoms with E-state index in [9.17, 15) is 9.90 Å². The van der Waals surface area contributed by atoms with Crippen molar-refractivity contribution in [3.63, 3.8) is 0 Å². The summed E-state index contributed by atoms with van der Waals surface area (Å²) in [6.45, 7) is 0. The highest BCUT2D eigenvalue weighted by Gasteiger charge is 2.55. The van der Waals surface area contributed by atoms with Crippen molar-refractivity contribution in [2.24, 2.45) is 0 Å². The van der Waals surface area contributed by atoms with Gasteiger partial charge in [0.2, 0.25) is 0 Å². The molecule has 2 heterocycles. The fourth-order valence-corrected chi connectivity index (χ4v) is 4.11. The lowest BCUT2D eigenvalue weighted by Gasteiger charge is -2.30. The Hall–Kier alpha value is -2.52. The summed E-state index contributed by atoms with van der Waals surface area (Å²) >= 11 is 1.43. The van der Waals surface area contributed by atoms with Gasteiger partial charge in [-0.3, -0.25) is 4.79 Å². The van der Waals surface area contributed by atoms with Crippen LogP contribution in [0.3, 0.4) is 0 Å². The molecule has 0 saturated carbocycles. The second-order valence-corrected chi connectivity index (χ2v) is 7.65. The molecule has 1 atom stereocenters. The van der Waals surface area contributed by atoms with Crippen LogP contribution < -0.4 is 5.32 Å². The molecule has 8 heteroatoms. The molecule has 0 bridgehead atoms. The molecule has 0 aromatic heterocycles. The van der Waals surface area contributed by atoms with Crippen LogP contribution in [0.5, 0.6) is 0 Å². The Balaban J connectivity index is 1.62. The van der Waals surface area contributed by atoms with E-state index >= 15 is 0 Å². The van der Waals surface area contributed by atoms with Gasteiger partial charge < -0.3 is 19.5 Å². The number of hydrogen-bond acceptors (Lipinski definition) is 7. The number of benzene rings is 2. The molecule has 1 saturated heterocycles. The molecule has 0 spiro atoms. The average Bonchev–Trinajstić information content (AvgIpc) is 3.45. The summed E-state index contributed by atoms with van der Waals surface area (Å²) in [4.78, 5) is 23.6. The molecule has 7 nitrogen and oxygen atoms in total. The van der Waals surface area contributed by atoms with Crippen molar-refractivity contribution in [2.75, 3.05) is 14.2 Å². The van der Waals surface area contributed by atoms with Crippen LogP contribution in [-0.4, -0.2) is 41.5 Å². The Labute approximate surface area is 167 Å². The number of methoxy groups -OCH3 is 1. The Morgan fingerprint density at radius 1 is 1.21 bits per heavy atom. The van der Waals surface area contributed by atoms with Crippen LogP contribution in [0.2, 0.25) is 0 Å². The highest BCUT2D eigenvalue weighted by Crippen LogP contribution is 2.40. The second kappa shape index (κ2) is 7.48. The molecule has 2 aliphatic rings. The maximum atomic E-state index is 13.1. The van der Waals surface area contributed by atoms with Gasteiger partial charge in [-0.2, -0.15) is 9.78 Å². The minimum atomic E-state index is -1.84. The summed E-state index contributed by atoms with van der Waals surface area (Å²) in [6.07, 6.45) is 0.339. The van der Waals surface area contributed by atoms with Gasteiger partial charge in [-0.1, -0.05) is 42.5 Å². The monoisotopic (exact) mass is 400 g/mol. The third-order valence-electron chi connectivity index (χ3n) is 4.60. The van der Waals surface area contributed by atoms with Gasteiger partial charge in [-0.05, 0) is 29.6 Å². The Bertz CT molecular complexity index is 914. The average molecular weight is 400 g/mol. The van der Waals surface area contributed by atoms with Crippen LogP contribution in [0.1, 0.15) is 11.1 Å². The summed E-state index contributed by atoms with van der Waals surface area (Å²) in [6, 6.07) is 16.4. The zero-order valence-corrected chi connectivity index (χ0v) is 16.2. The Morgan fingerprint density at radius 3 is 2.57 bits per heavy atom. The number of likely N-dealkylation sites (N-methyl/N-ethyl adjacent to an activating group) is 1. The number of hydrogen-bond donors (Lipinski definition) is 2. The van der Waals surface area contributed by atoms with Gasteiger partial charge in [0.15, 0.2) is 11.5 Å². The molecule has 0 aliphatic carbocycles. The van der Waals surface area contributed by atoms with Crippen molar-refractivity contribution in [3.8, 4) is 0 Å². The van der Waals surface area contributed by atoms with Crippen molar-refractivity contribution in [1.82, 2.24) is 9.62 Å². The van der Waals surface area contributed by atoms with Gasteiger partial charge in [0, 0.05) is 23.9 Å². The highest BCUT2D eigenvalue weighted by molar-refractivity contribution is 7.97. The first-order chi connectivity index (χ1) is 13.5. The number of amides is 1. The van der Waals surface area contributed by atoms with Gasteiger partial charge in [0.05, 0.1) is 7.11 Å². The van der Waals surface area contributed by atoms with E-state index in [1.54, 1.807) is 11.4 Å².